The molecule has 1 aromatic rings. The summed E-state index contributed by atoms with van der Waals surface area (Å²) < 4.78 is 10.6. The van der Waals surface area contributed by atoms with E-state index in [4.69, 9.17) is 9.47 Å². The molecule has 0 aliphatic rings. The Bertz CT molecular complexity index is 474. The number of halogens is 1. The Morgan fingerprint density at radius 2 is 2.05 bits per heavy atom. The third-order valence-electron chi connectivity index (χ3n) is 2.18. The highest BCUT2D eigenvalue weighted by molar-refractivity contribution is 9.10. The topological polar surface area (TPSA) is 64.6 Å². The summed E-state index contributed by atoms with van der Waals surface area (Å²) in [4.78, 5) is 23.2. The first-order valence-electron chi connectivity index (χ1n) is 5.74. The number of hydrogen-bond donors (Lipinski definition) is 1. The maximum Gasteiger partial charge on any atom is 0.339 e. The van der Waals surface area contributed by atoms with Crippen LogP contribution in [0.15, 0.2) is 22.7 Å². The number of rotatable bonds is 5. The summed E-state index contributed by atoms with van der Waals surface area (Å²) >= 11 is 3.25. The van der Waals surface area contributed by atoms with Gasteiger partial charge in [0.1, 0.15) is 5.75 Å². The van der Waals surface area contributed by atoms with Crippen LogP contribution in [-0.2, 0) is 9.53 Å². The SMILES string of the molecule is COc1ccc(Br)c(C(=O)OCC(=O)NC(C)C)c1. The highest BCUT2D eigenvalue weighted by atomic mass is 79.9. The Labute approximate surface area is 120 Å². The minimum absolute atomic E-state index is 0.00903. The number of esters is 1. The van der Waals surface area contributed by atoms with Gasteiger partial charge in [0.15, 0.2) is 6.61 Å². The second kappa shape index (κ2) is 7.13. The van der Waals surface area contributed by atoms with Crippen LogP contribution in [0, 0.1) is 0 Å². The predicted molar refractivity (Wildman–Crippen MR) is 74.3 cm³/mol. The maximum atomic E-state index is 11.8. The Kier molecular flexibility index (Phi) is 5.82. The van der Waals surface area contributed by atoms with Gasteiger partial charge in [-0.3, -0.25) is 4.79 Å². The fourth-order valence-corrected chi connectivity index (χ4v) is 1.77. The van der Waals surface area contributed by atoms with E-state index in [1.165, 1.54) is 7.11 Å². The van der Waals surface area contributed by atoms with Gasteiger partial charge in [-0.2, -0.15) is 0 Å². The van der Waals surface area contributed by atoms with Crippen LogP contribution in [0.5, 0.6) is 5.75 Å². The first kappa shape index (κ1) is 15.5. The minimum atomic E-state index is -0.579. The molecule has 1 amide bonds. The van der Waals surface area contributed by atoms with Crippen LogP contribution < -0.4 is 10.1 Å². The van der Waals surface area contributed by atoms with E-state index < -0.39 is 5.97 Å². The van der Waals surface area contributed by atoms with Crippen molar-refractivity contribution in [3.05, 3.63) is 28.2 Å². The van der Waals surface area contributed by atoms with Gasteiger partial charge in [0, 0.05) is 10.5 Å². The van der Waals surface area contributed by atoms with Gasteiger partial charge in [-0.15, -0.1) is 0 Å². The molecule has 6 heteroatoms. The molecule has 104 valence electrons. The van der Waals surface area contributed by atoms with E-state index in [1.807, 2.05) is 13.8 Å². The average Bonchev–Trinajstić information content (AvgIpc) is 2.35. The third-order valence-corrected chi connectivity index (χ3v) is 2.87. The standard InChI is InChI=1S/C13H16BrNO4/c1-8(2)15-12(16)7-19-13(17)10-6-9(18-3)4-5-11(10)14/h4-6,8H,7H2,1-3H3,(H,15,16). The second-order valence-electron chi connectivity index (χ2n) is 4.14. The lowest BCUT2D eigenvalue weighted by Crippen LogP contribution is -2.34. The van der Waals surface area contributed by atoms with E-state index in [1.54, 1.807) is 18.2 Å². The first-order chi connectivity index (χ1) is 8.93. The summed E-state index contributed by atoms with van der Waals surface area (Å²) in [6.45, 7) is 3.36. The van der Waals surface area contributed by atoms with Crippen LogP contribution in [-0.4, -0.2) is 31.6 Å². The van der Waals surface area contributed by atoms with Crippen LogP contribution >= 0.6 is 15.9 Å². The fraction of sp³-hybridized carbons (Fsp3) is 0.385. The van der Waals surface area contributed by atoms with Crippen molar-refractivity contribution in [3.63, 3.8) is 0 Å². The Morgan fingerprint density at radius 1 is 1.37 bits per heavy atom. The van der Waals surface area contributed by atoms with Crippen LogP contribution in [0.25, 0.3) is 0 Å². The molecule has 0 saturated carbocycles. The predicted octanol–water partition coefficient (Wildman–Crippen LogP) is 2.14. The number of benzene rings is 1. The van der Waals surface area contributed by atoms with Crippen molar-refractivity contribution in [2.24, 2.45) is 0 Å². The van der Waals surface area contributed by atoms with Gasteiger partial charge in [0.05, 0.1) is 12.7 Å². The number of amides is 1. The zero-order chi connectivity index (χ0) is 14.4. The quantitative estimate of drug-likeness (QED) is 0.840. The van der Waals surface area contributed by atoms with E-state index in [2.05, 4.69) is 21.2 Å². The number of nitrogens with one attached hydrogen (secondary N) is 1. The third kappa shape index (κ3) is 4.90. The van der Waals surface area contributed by atoms with Crippen LogP contribution in [0.4, 0.5) is 0 Å². The molecule has 0 unspecified atom stereocenters. The Balaban J connectivity index is 2.65. The van der Waals surface area contributed by atoms with E-state index in [9.17, 15) is 9.59 Å². The van der Waals surface area contributed by atoms with Crippen LogP contribution in [0.1, 0.15) is 24.2 Å². The van der Waals surface area contributed by atoms with Gasteiger partial charge >= 0.3 is 5.97 Å². The van der Waals surface area contributed by atoms with Crippen molar-refractivity contribution in [1.29, 1.82) is 0 Å². The zero-order valence-electron chi connectivity index (χ0n) is 11.0. The second-order valence-corrected chi connectivity index (χ2v) is 5.00. The molecule has 0 fully saturated rings. The molecular weight excluding hydrogens is 314 g/mol. The lowest BCUT2D eigenvalue weighted by molar-refractivity contribution is -0.124. The van der Waals surface area contributed by atoms with E-state index in [0.717, 1.165) is 0 Å². The summed E-state index contributed by atoms with van der Waals surface area (Å²) in [5.41, 5.74) is 0.316. The van der Waals surface area contributed by atoms with Crippen molar-refractivity contribution in [1.82, 2.24) is 5.32 Å². The van der Waals surface area contributed by atoms with Gasteiger partial charge in [0.25, 0.3) is 5.91 Å². The lowest BCUT2D eigenvalue weighted by Gasteiger charge is -2.10. The van der Waals surface area contributed by atoms with E-state index in [-0.39, 0.29) is 18.6 Å². The summed E-state index contributed by atoms with van der Waals surface area (Å²) in [6, 6.07) is 4.96. The van der Waals surface area contributed by atoms with Gasteiger partial charge in [-0.05, 0) is 48.0 Å². The largest absolute Gasteiger partial charge is 0.497 e. The smallest absolute Gasteiger partial charge is 0.339 e. The summed E-state index contributed by atoms with van der Waals surface area (Å²) in [5, 5.41) is 2.63. The molecule has 1 N–H and O–H groups in total. The van der Waals surface area contributed by atoms with Crippen molar-refractivity contribution in [2.75, 3.05) is 13.7 Å². The van der Waals surface area contributed by atoms with Gasteiger partial charge in [0.2, 0.25) is 0 Å². The number of hydrogen-bond acceptors (Lipinski definition) is 4. The normalized spacial score (nSPS) is 10.2. The Hall–Kier alpha value is -1.56. The highest BCUT2D eigenvalue weighted by Gasteiger charge is 2.14. The number of ether oxygens (including phenoxy) is 2. The average molecular weight is 330 g/mol. The molecule has 0 saturated heterocycles. The molecule has 0 bridgehead atoms. The van der Waals surface area contributed by atoms with Gasteiger partial charge in [-0.25, -0.2) is 4.79 Å². The summed E-state index contributed by atoms with van der Waals surface area (Å²) in [5.74, 6) is -0.367. The molecule has 19 heavy (non-hydrogen) atoms. The molecule has 0 heterocycles. The molecular formula is C13H16BrNO4. The Morgan fingerprint density at radius 3 is 2.63 bits per heavy atom. The molecule has 0 radical (unpaired) electrons. The molecule has 1 rings (SSSR count). The molecule has 1 aromatic carbocycles. The highest BCUT2D eigenvalue weighted by Crippen LogP contribution is 2.23. The summed E-state index contributed by atoms with van der Waals surface area (Å²) in [7, 11) is 1.51. The first-order valence-corrected chi connectivity index (χ1v) is 6.53. The van der Waals surface area contributed by atoms with E-state index in [0.29, 0.717) is 15.8 Å². The number of carbonyl (C=O) groups is 2. The van der Waals surface area contributed by atoms with Crippen LogP contribution in [0.3, 0.4) is 0 Å². The van der Waals surface area contributed by atoms with Crippen molar-refractivity contribution >= 4 is 27.8 Å². The van der Waals surface area contributed by atoms with E-state index >= 15 is 0 Å². The van der Waals surface area contributed by atoms with Crippen molar-refractivity contribution in [3.8, 4) is 5.75 Å². The van der Waals surface area contributed by atoms with Gasteiger partial charge in [-0.1, -0.05) is 0 Å². The molecule has 0 atom stereocenters. The molecule has 0 aromatic heterocycles. The van der Waals surface area contributed by atoms with Gasteiger partial charge < -0.3 is 14.8 Å². The van der Waals surface area contributed by atoms with Crippen molar-refractivity contribution in [2.45, 2.75) is 19.9 Å². The van der Waals surface area contributed by atoms with Crippen LogP contribution in [0.2, 0.25) is 0 Å². The number of carbonyl (C=O) groups excluding carboxylic acids is 2. The molecule has 0 aliphatic carbocycles. The monoisotopic (exact) mass is 329 g/mol. The zero-order valence-corrected chi connectivity index (χ0v) is 12.6. The molecule has 5 nitrogen and oxygen atoms in total. The fourth-order valence-electron chi connectivity index (χ4n) is 1.36. The number of methoxy groups -OCH3 is 1. The lowest BCUT2D eigenvalue weighted by atomic mass is 10.2. The summed E-state index contributed by atoms with van der Waals surface area (Å²) in [6.07, 6.45) is 0. The molecule has 0 spiro atoms. The molecule has 0 aliphatic heterocycles. The van der Waals surface area contributed by atoms with Crippen molar-refractivity contribution < 1.29 is 19.1 Å². The maximum absolute atomic E-state index is 11.8. The minimum Gasteiger partial charge on any atom is -0.497 e.